The molecule has 6 heteroatoms. The van der Waals surface area contributed by atoms with Gasteiger partial charge < -0.3 is 14.4 Å². The van der Waals surface area contributed by atoms with Crippen molar-refractivity contribution in [3.8, 4) is 5.75 Å². The van der Waals surface area contributed by atoms with E-state index in [2.05, 4.69) is 9.97 Å². The van der Waals surface area contributed by atoms with Gasteiger partial charge in [0.15, 0.2) is 5.75 Å². The average Bonchev–Trinajstić information content (AvgIpc) is 2.22. The van der Waals surface area contributed by atoms with Crippen LogP contribution in [0.15, 0.2) is 12.4 Å². The molecule has 19 heavy (non-hydrogen) atoms. The summed E-state index contributed by atoms with van der Waals surface area (Å²) < 4.78 is 10.9. The fraction of sp³-hybridized carbons (Fsp3) is 0.615. The molecule has 0 unspecified atom stereocenters. The molecule has 2 heterocycles. The highest BCUT2D eigenvalue weighted by molar-refractivity contribution is 5.69. The Morgan fingerprint density at radius 3 is 2.42 bits per heavy atom. The summed E-state index contributed by atoms with van der Waals surface area (Å²) in [5.41, 5.74) is -0.464. The van der Waals surface area contributed by atoms with Gasteiger partial charge in [0, 0.05) is 0 Å². The summed E-state index contributed by atoms with van der Waals surface area (Å²) in [7, 11) is 0. The van der Waals surface area contributed by atoms with E-state index in [-0.39, 0.29) is 12.2 Å². The monoisotopic (exact) mass is 265 g/mol. The van der Waals surface area contributed by atoms with Crippen LogP contribution in [0.1, 0.15) is 26.6 Å². The molecular weight excluding hydrogens is 246 g/mol. The third-order valence-electron chi connectivity index (χ3n) is 2.56. The lowest BCUT2D eigenvalue weighted by atomic mass is 10.2. The molecule has 0 aliphatic carbocycles. The van der Waals surface area contributed by atoms with E-state index in [0.717, 1.165) is 0 Å². The van der Waals surface area contributed by atoms with Crippen LogP contribution in [0.5, 0.6) is 5.75 Å². The smallest absolute Gasteiger partial charge is 0.410 e. The van der Waals surface area contributed by atoms with Gasteiger partial charge in [-0.2, -0.15) is 0 Å². The molecule has 1 aromatic rings. The molecule has 1 aliphatic rings. The Morgan fingerprint density at radius 1 is 1.32 bits per heavy atom. The predicted molar refractivity (Wildman–Crippen MR) is 69.0 cm³/mol. The molecule has 0 radical (unpaired) electrons. The summed E-state index contributed by atoms with van der Waals surface area (Å²) in [5.74, 6) is 1.33. The number of aromatic nitrogens is 2. The minimum absolute atomic E-state index is 0.0150. The van der Waals surface area contributed by atoms with E-state index in [9.17, 15) is 4.79 Å². The number of amides is 1. The molecule has 1 saturated heterocycles. The van der Waals surface area contributed by atoms with Crippen LogP contribution >= 0.6 is 0 Å². The summed E-state index contributed by atoms with van der Waals surface area (Å²) in [6.07, 6.45) is 2.96. The third kappa shape index (κ3) is 3.81. The number of carbonyl (C=O) groups is 1. The molecule has 0 N–H and O–H groups in total. The Labute approximate surface area is 112 Å². The first-order valence-corrected chi connectivity index (χ1v) is 6.27. The molecule has 0 spiro atoms. The maximum atomic E-state index is 11.7. The van der Waals surface area contributed by atoms with Crippen LogP contribution in [0.4, 0.5) is 4.79 Å². The molecule has 0 bridgehead atoms. The number of aryl methyl sites for hydroxylation is 1. The van der Waals surface area contributed by atoms with Crippen LogP contribution in [0.25, 0.3) is 0 Å². The predicted octanol–water partition coefficient (Wildman–Crippen LogP) is 1.78. The lowest BCUT2D eigenvalue weighted by Gasteiger charge is -2.39. The van der Waals surface area contributed by atoms with Gasteiger partial charge >= 0.3 is 6.09 Å². The van der Waals surface area contributed by atoms with E-state index in [1.807, 2.05) is 27.7 Å². The van der Waals surface area contributed by atoms with Gasteiger partial charge in [-0.1, -0.05) is 0 Å². The summed E-state index contributed by atoms with van der Waals surface area (Å²) in [4.78, 5) is 21.4. The molecule has 104 valence electrons. The van der Waals surface area contributed by atoms with Crippen LogP contribution in [0.3, 0.4) is 0 Å². The van der Waals surface area contributed by atoms with Crippen molar-refractivity contribution < 1.29 is 14.3 Å². The van der Waals surface area contributed by atoms with Crippen molar-refractivity contribution in [2.24, 2.45) is 0 Å². The molecule has 1 aliphatic heterocycles. The molecule has 1 fully saturated rings. The zero-order valence-electron chi connectivity index (χ0n) is 11.7. The Morgan fingerprint density at radius 2 is 1.89 bits per heavy atom. The van der Waals surface area contributed by atoms with Gasteiger partial charge in [0.1, 0.15) is 17.5 Å². The van der Waals surface area contributed by atoms with Gasteiger partial charge in [-0.25, -0.2) is 14.8 Å². The Bertz CT molecular complexity index is 447. The first-order valence-electron chi connectivity index (χ1n) is 6.27. The zero-order valence-corrected chi connectivity index (χ0v) is 11.7. The first kappa shape index (κ1) is 13.6. The Balaban J connectivity index is 1.77. The lowest BCUT2D eigenvalue weighted by Crippen LogP contribution is -2.57. The van der Waals surface area contributed by atoms with E-state index in [4.69, 9.17) is 9.47 Å². The number of hydrogen-bond acceptors (Lipinski definition) is 5. The molecule has 0 aromatic carbocycles. The van der Waals surface area contributed by atoms with Crippen LogP contribution in [-0.4, -0.2) is 45.8 Å². The maximum Gasteiger partial charge on any atom is 0.410 e. The van der Waals surface area contributed by atoms with Crippen molar-refractivity contribution in [2.75, 3.05) is 13.1 Å². The SMILES string of the molecule is Cc1ncc(OC2CN(C(=O)OC(C)(C)C)C2)cn1. The summed E-state index contributed by atoms with van der Waals surface area (Å²) in [5, 5.41) is 0. The molecule has 1 aromatic heterocycles. The highest BCUT2D eigenvalue weighted by atomic mass is 16.6. The number of hydrogen-bond donors (Lipinski definition) is 0. The fourth-order valence-electron chi connectivity index (χ4n) is 1.62. The number of rotatable bonds is 2. The standard InChI is InChI=1S/C13H19N3O3/c1-9-14-5-10(6-15-9)18-11-7-16(8-11)12(17)19-13(2,3)4/h5-6,11H,7-8H2,1-4H3. The summed E-state index contributed by atoms with van der Waals surface area (Å²) in [6.45, 7) is 8.43. The van der Waals surface area contributed by atoms with Gasteiger partial charge in [-0.15, -0.1) is 0 Å². The van der Waals surface area contributed by atoms with Gasteiger partial charge in [0.2, 0.25) is 0 Å². The van der Waals surface area contributed by atoms with E-state index >= 15 is 0 Å². The average molecular weight is 265 g/mol. The van der Waals surface area contributed by atoms with E-state index in [1.165, 1.54) is 0 Å². The normalized spacial score (nSPS) is 15.9. The van der Waals surface area contributed by atoms with Crippen molar-refractivity contribution in [1.29, 1.82) is 0 Å². The van der Waals surface area contributed by atoms with Crippen molar-refractivity contribution in [2.45, 2.75) is 39.4 Å². The molecule has 6 nitrogen and oxygen atoms in total. The Hall–Kier alpha value is -1.85. The quantitative estimate of drug-likeness (QED) is 0.815. The topological polar surface area (TPSA) is 64.5 Å². The van der Waals surface area contributed by atoms with Crippen LogP contribution in [0.2, 0.25) is 0 Å². The second kappa shape index (κ2) is 5.03. The zero-order chi connectivity index (χ0) is 14.0. The largest absolute Gasteiger partial charge is 0.483 e. The number of nitrogens with zero attached hydrogens (tertiary/aromatic N) is 3. The molecular formula is C13H19N3O3. The van der Waals surface area contributed by atoms with E-state index < -0.39 is 5.60 Å². The number of carbonyl (C=O) groups excluding carboxylic acids is 1. The van der Waals surface area contributed by atoms with Gasteiger partial charge in [-0.3, -0.25) is 0 Å². The van der Waals surface area contributed by atoms with Crippen molar-refractivity contribution in [3.63, 3.8) is 0 Å². The van der Waals surface area contributed by atoms with Crippen molar-refractivity contribution in [3.05, 3.63) is 18.2 Å². The van der Waals surface area contributed by atoms with E-state index in [1.54, 1.807) is 17.3 Å². The summed E-state index contributed by atoms with van der Waals surface area (Å²) in [6, 6.07) is 0. The Kier molecular flexibility index (Phi) is 3.59. The van der Waals surface area contributed by atoms with Gasteiger partial charge in [-0.05, 0) is 27.7 Å². The molecule has 1 amide bonds. The maximum absolute atomic E-state index is 11.7. The number of likely N-dealkylation sites (tertiary alicyclic amines) is 1. The van der Waals surface area contributed by atoms with Crippen LogP contribution < -0.4 is 4.74 Å². The fourth-order valence-corrected chi connectivity index (χ4v) is 1.62. The van der Waals surface area contributed by atoms with Crippen LogP contribution in [-0.2, 0) is 4.74 Å². The van der Waals surface area contributed by atoms with Crippen LogP contribution in [0, 0.1) is 6.92 Å². The third-order valence-corrected chi connectivity index (χ3v) is 2.56. The highest BCUT2D eigenvalue weighted by Gasteiger charge is 2.35. The summed E-state index contributed by atoms with van der Waals surface area (Å²) >= 11 is 0. The molecule has 2 rings (SSSR count). The lowest BCUT2D eigenvalue weighted by molar-refractivity contribution is -0.0223. The second-order valence-electron chi connectivity index (χ2n) is 5.59. The first-order chi connectivity index (χ1) is 8.83. The highest BCUT2D eigenvalue weighted by Crippen LogP contribution is 2.19. The second-order valence-corrected chi connectivity index (χ2v) is 5.59. The van der Waals surface area contributed by atoms with Crippen molar-refractivity contribution >= 4 is 6.09 Å². The van der Waals surface area contributed by atoms with Crippen molar-refractivity contribution in [1.82, 2.24) is 14.9 Å². The minimum Gasteiger partial charge on any atom is -0.483 e. The van der Waals surface area contributed by atoms with Gasteiger partial charge in [0.25, 0.3) is 0 Å². The number of ether oxygens (including phenoxy) is 2. The molecule has 0 atom stereocenters. The van der Waals surface area contributed by atoms with Gasteiger partial charge in [0.05, 0.1) is 25.5 Å². The molecule has 0 saturated carbocycles. The minimum atomic E-state index is -0.464. The van der Waals surface area contributed by atoms with E-state index in [0.29, 0.717) is 24.7 Å².